The first-order chi connectivity index (χ1) is 22.7. The summed E-state index contributed by atoms with van der Waals surface area (Å²) in [6, 6.07) is 21.4. The molecule has 4 aliphatic rings. The van der Waals surface area contributed by atoms with Gasteiger partial charge in [-0.25, -0.2) is 0 Å². The highest BCUT2D eigenvalue weighted by atomic mass is 16.5. The van der Waals surface area contributed by atoms with Crippen molar-refractivity contribution >= 4 is 0 Å². The van der Waals surface area contributed by atoms with Crippen LogP contribution in [0, 0.1) is 0 Å². The average Bonchev–Trinajstić information content (AvgIpc) is 3.07. The lowest BCUT2D eigenvalue weighted by Crippen LogP contribution is -2.48. The van der Waals surface area contributed by atoms with Gasteiger partial charge in [0.2, 0.25) is 5.75 Å². The van der Waals surface area contributed by atoms with Crippen molar-refractivity contribution in [3.63, 3.8) is 0 Å². The molecule has 1 unspecified atom stereocenters. The van der Waals surface area contributed by atoms with Crippen molar-refractivity contribution in [1.29, 1.82) is 0 Å². The average molecular weight is 638 g/mol. The number of likely N-dealkylation sites (N-methyl/N-ethyl adjacent to an activating group) is 2. The predicted molar refractivity (Wildman–Crippen MR) is 182 cm³/mol. The van der Waals surface area contributed by atoms with Crippen LogP contribution in [0.5, 0.6) is 46.0 Å². The van der Waals surface area contributed by atoms with Gasteiger partial charge < -0.3 is 32.9 Å². The van der Waals surface area contributed by atoms with Gasteiger partial charge in [0.1, 0.15) is 11.8 Å². The summed E-state index contributed by atoms with van der Waals surface area (Å²) in [7, 11) is 13.6. The molecule has 0 N–H and O–H groups in total. The van der Waals surface area contributed by atoms with Crippen molar-refractivity contribution in [2.24, 2.45) is 0 Å². The Hall–Kier alpha value is -4.40. The van der Waals surface area contributed by atoms with Gasteiger partial charge in [-0.05, 0) is 90.2 Å². The molecule has 0 aromatic heterocycles. The molecule has 0 aliphatic carbocycles. The molecule has 0 radical (unpaired) electrons. The van der Waals surface area contributed by atoms with E-state index in [4.69, 9.17) is 28.4 Å². The molecule has 4 aromatic carbocycles. The number of nitrogens with zero attached hydrogens (tertiary/aromatic N) is 2. The molecule has 4 aromatic rings. The molecule has 2 atom stereocenters. The third-order valence-electron chi connectivity index (χ3n) is 10.4. The molecular weight excluding hydrogens is 592 g/mol. The predicted octanol–water partition coefficient (Wildman–Crippen LogP) is 7.31. The topological polar surface area (TPSA) is 58.6 Å². The number of hydrogen-bond donors (Lipinski definition) is 0. The number of rotatable bonds is 4. The van der Waals surface area contributed by atoms with Gasteiger partial charge in [0, 0.05) is 25.4 Å². The van der Waals surface area contributed by atoms with Gasteiger partial charge in [-0.15, -0.1) is 0 Å². The van der Waals surface area contributed by atoms with Crippen molar-refractivity contribution < 1.29 is 32.9 Å². The number of quaternary nitrogens is 1. The molecule has 47 heavy (non-hydrogen) atoms. The van der Waals surface area contributed by atoms with Crippen molar-refractivity contribution in [1.82, 2.24) is 4.90 Å². The Bertz CT molecular complexity index is 1800. The normalized spacial score (nSPS) is 19.7. The fourth-order valence-electron chi connectivity index (χ4n) is 7.61. The maximum Gasteiger partial charge on any atom is 0.204 e. The van der Waals surface area contributed by atoms with E-state index in [0.29, 0.717) is 40.2 Å². The van der Waals surface area contributed by atoms with E-state index in [0.717, 1.165) is 60.1 Å². The molecule has 4 heterocycles. The van der Waals surface area contributed by atoms with Crippen LogP contribution >= 0.6 is 0 Å². The van der Waals surface area contributed by atoms with Crippen LogP contribution in [0.15, 0.2) is 60.7 Å². The van der Waals surface area contributed by atoms with Gasteiger partial charge in [-0.2, -0.15) is 0 Å². The smallest absolute Gasteiger partial charge is 0.204 e. The van der Waals surface area contributed by atoms with Crippen LogP contribution in [-0.4, -0.2) is 72.1 Å². The van der Waals surface area contributed by atoms with E-state index in [1.165, 1.54) is 22.3 Å². The summed E-state index contributed by atoms with van der Waals surface area (Å²) in [5.41, 5.74) is 7.23. The summed E-state index contributed by atoms with van der Waals surface area (Å²) in [6.07, 6.45) is 3.42. The van der Waals surface area contributed by atoms with Crippen molar-refractivity contribution in [3.05, 3.63) is 94.0 Å². The van der Waals surface area contributed by atoms with Gasteiger partial charge in [0.05, 0.1) is 54.6 Å². The van der Waals surface area contributed by atoms with E-state index in [2.05, 4.69) is 80.6 Å². The zero-order valence-electron chi connectivity index (χ0n) is 28.5. The third-order valence-corrected chi connectivity index (χ3v) is 10.4. The molecule has 8 rings (SSSR count). The zero-order chi connectivity index (χ0) is 32.9. The minimum atomic E-state index is 0.0514. The Morgan fingerprint density at radius 3 is 2.13 bits per heavy atom. The minimum absolute atomic E-state index is 0.0514. The minimum Gasteiger partial charge on any atom is -0.493 e. The highest BCUT2D eigenvalue weighted by Gasteiger charge is 2.41. The molecular formula is C39H45N2O6+. The van der Waals surface area contributed by atoms with Gasteiger partial charge in [-0.1, -0.05) is 18.2 Å². The monoisotopic (exact) mass is 637 g/mol. The fraction of sp³-hybridized carbons (Fsp3) is 0.385. The molecule has 8 nitrogen and oxygen atoms in total. The second-order valence-electron chi connectivity index (χ2n) is 13.5. The molecule has 0 amide bonds. The van der Waals surface area contributed by atoms with Gasteiger partial charge in [0.15, 0.2) is 34.5 Å². The van der Waals surface area contributed by atoms with Gasteiger partial charge >= 0.3 is 0 Å². The zero-order valence-corrected chi connectivity index (χ0v) is 28.5. The first kappa shape index (κ1) is 31.2. The lowest BCUT2D eigenvalue weighted by atomic mass is 9.85. The quantitative estimate of drug-likeness (QED) is 0.218. The maximum atomic E-state index is 7.09. The number of methoxy groups -OCH3 is 4. The molecule has 0 saturated heterocycles. The van der Waals surface area contributed by atoms with E-state index in [-0.39, 0.29) is 12.1 Å². The second kappa shape index (κ2) is 12.3. The highest BCUT2D eigenvalue weighted by Crippen LogP contribution is 2.53. The SMILES string of the molecule is COc1ccc2cc1Oc1ccc(cc1)CC1c3cc(c(OC)cc3CCN1C)Oc1c(OC)c(OC)cc3c1[C@H](C2)[N+](C)(C)CC3. The molecule has 0 spiro atoms. The Morgan fingerprint density at radius 1 is 0.702 bits per heavy atom. The molecule has 0 fully saturated rings. The Labute approximate surface area is 277 Å². The van der Waals surface area contributed by atoms with Crippen LogP contribution in [0.4, 0.5) is 0 Å². The summed E-state index contributed by atoms with van der Waals surface area (Å²) in [6.45, 7) is 1.93. The first-order valence-corrected chi connectivity index (χ1v) is 16.4. The third kappa shape index (κ3) is 5.63. The van der Waals surface area contributed by atoms with E-state index in [1.807, 2.05) is 6.07 Å². The summed E-state index contributed by atoms with van der Waals surface area (Å²) in [4.78, 5) is 2.43. The van der Waals surface area contributed by atoms with Crippen LogP contribution in [-0.2, 0) is 25.7 Å². The molecule has 0 saturated carbocycles. The Morgan fingerprint density at radius 2 is 1.40 bits per heavy atom. The van der Waals surface area contributed by atoms with Gasteiger partial charge in [0.25, 0.3) is 0 Å². The highest BCUT2D eigenvalue weighted by molar-refractivity contribution is 5.63. The first-order valence-electron chi connectivity index (χ1n) is 16.4. The molecule has 246 valence electrons. The van der Waals surface area contributed by atoms with Crippen molar-refractivity contribution in [2.75, 3.05) is 62.7 Å². The lowest BCUT2D eigenvalue weighted by molar-refractivity contribution is -0.923. The van der Waals surface area contributed by atoms with Gasteiger partial charge in [-0.3, -0.25) is 4.90 Å². The fourth-order valence-corrected chi connectivity index (χ4v) is 7.61. The number of ether oxygens (including phenoxy) is 6. The number of benzene rings is 4. The summed E-state index contributed by atoms with van der Waals surface area (Å²) >= 11 is 0. The standard InChI is InChI=1S/C39H45N2O6/c1-40-16-14-26-21-33(43-5)35-23-29(26)30(40)18-24-8-11-28(12-9-24)46-34-20-25(10-13-32(34)42-4)19-31-37-27(15-17-41(31,2)3)22-36(44-6)38(45-7)39(37)47-35/h8-13,20-23,30-31H,14-19H2,1-7H3/q+1/t30?,31-/m0/s1. The maximum absolute atomic E-state index is 7.09. The van der Waals surface area contributed by atoms with Crippen molar-refractivity contribution in [2.45, 2.75) is 37.8 Å². The lowest BCUT2D eigenvalue weighted by Gasteiger charge is -2.43. The van der Waals surface area contributed by atoms with E-state index in [1.54, 1.807) is 28.4 Å². The van der Waals surface area contributed by atoms with Crippen LogP contribution in [0.2, 0.25) is 0 Å². The Kier molecular flexibility index (Phi) is 8.18. The van der Waals surface area contributed by atoms with E-state index in [9.17, 15) is 0 Å². The second-order valence-corrected chi connectivity index (χ2v) is 13.5. The van der Waals surface area contributed by atoms with Crippen LogP contribution < -0.4 is 28.4 Å². The van der Waals surface area contributed by atoms with Crippen LogP contribution in [0.25, 0.3) is 0 Å². The van der Waals surface area contributed by atoms with E-state index >= 15 is 0 Å². The summed E-state index contributed by atoms with van der Waals surface area (Å²) in [5, 5.41) is 0. The Balaban J connectivity index is 1.49. The number of hydrogen-bond acceptors (Lipinski definition) is 7. The number of fused-ring (bicyclic) bond motifs is 2. The molecule has 6 bridgehead atoms. The summed E-state index contributed by atoms with van der Waals surface area (Å²) in [5.74, 6) is 5.47. The summed E-state index contributed by atoms with van der Waals surface area (Å²) < 4.78 is 38.1. The molecule has 4 aliphatic heterocycles. The van der Waals surface area contributed by atoms with Crippen LogP contribution in [0.1, 0.15) is 45.5 Å². The molecule has 8 heteroatoms. The van der Waals surface area contributed by atoms with E-state index < -0.39 is 0 Å². The largest absolute Gasteiger partial charge is 0.493 e. The van der Waals surface area contributed by atoms with Crippen molar-refractivity contribution in [3.8, 4) is 46.0 Å². The van der Waals surface area contributed by atoms with Crippen LogP contribution in [0.3, 0.4) is 0 Å².